The van der Waals surface area contributed by atoms with Gasteiger partial charge in [-0.15, -0.1) is 0 Å². The summed E-state index contributed by atoms with van der Waals surface area (Å²) < 4.78 is 28.8. The second-order valence-electron chi connectivity index (χ2n) is 6.02. The molecule has 0 aliphatic heterocycles. The molecule has 7 heteroatoms. The van der Waals surface area contributed by atoms with Crippen molar-refractivity contribution in [2.75, 3.05) is 5.32 Å². The minimum Gasteiger partial charge on any atom is -0.435 e. The zero-order valence-electron chi connectivity index (χ0n) is 15.1. The van der Waals surface area contributed by atoms with Crippen LogP contribution in [0.25, 0.3) is 0 Å². The van der Waals surface area contributed by atoms with Crippen LogP contribution in [0.2, 0.25) is 0 Å². The van der Waals surface area contributed by atoms with Crippen molar-refractivity contribution in [2.45, 2.75) is 19.6 Å². The first-order chi connectivity index (χ1) is 13.5. The van der Waals surface area contributed by atoms with Crippen molar-refractivity contribution in [1.82, 2.24) is 10.3 Å². The molecule has 28 heavy (non-hydrogen) atoms. The van der Waals surface area contributed by atoms with Gasteiger partial charge in [0.05, 0.1) is 23.0 Å². The molecule has 1 amide bonds. The summed E-state index contributed by atoms with van der Waals surface area (Å²) in [7, 11) is 0. The molecule has 0 aliphatic carbocycles. The molecule has 2 aromatic carbocycles. The molecule has 0 saturated heterocycles. The highest BCUT2D eigenvalue weighted by Gasteiger charge is 2.15. The summed E-state index contributed by atoms with van der Waals surface area (Å²) in [4.78, 5) is 17.0. The summed E-state index contributed by atoms with van der Waals surface area (Å²) >= 11 is 0. The molecular formula is C21H19F2N3O2. The van der Waals surface area contributed by atoms with Gasteiger partial charge in [0.15, 0.2) is 0 Å². The molecule has 0 saturated carbocycles. The number of nitrogens with one attached hydrogen (secondary N) is 2. The summed E-state index contributed by atoms with van der Waals surface area (Å²) in [5, 5.41) is 6.05. The van der Waals surface area contributed by atoms with Crippen molar-refractivity contribution >= 4 is 17.3 Å². The third kappa shape index (κ3) is 5.03. The molecule has 0 radical (unpaired) electrons. The van der Waals surface area contributed by atoms with Crippen molar-refractivity contribution in [3.8, 4) is 5.75 Å². The van der Waals surface area contributed by atoms with Crippen LogP contribution in [0.1, 0.15) is 29.0 Å². The number of amides is 1. The maximum atomic E-state index is 12.7. The molecule has 0 bridgehead atoms. The Morgan fingerprint density at radius 1 is 1.00 bits per heavy atom. The van der Waals surface area contributed by atoms with Crippen LogP contribution in [0.15, 0.2) is 72.9 Å². The second kappa shape index (κ2) is 8.94. The Morgan fingerprint density at radius 2 is 1.71 bits per heavy atom. The molecule has 2 N–H and O–H groups in total. The van der Waals surface area contributed by atoms with E-state index in [1.165, 1.54) is 12.1 Å². The monoisotopic (exact) mass is 383 g/mol. The van der Waals surface area contributed by atoms with Crippen LogP contribution in [0.4, 0.5) is 20.2 Å². The van der Waals surface area contributed by atoms with E-state index in [0.717, 1.165) is 5.69 Å². The number of benzene rings is 2. The number of carbonyl (C=O) groups excluding carboxylic acids is 1. The first kappa shape index (κ1) is 19.3. The fourth-order valence-electron chi connectivity index (χ4n) is 2.65. The van der Waals surface area contributed by atoms with Crippen molar-refractivity contribution in [3.63, 3.8) is 0 Å². The van der Waals surface area contributed by atoms with Gasteiger partial charge in [-0.2, -0.15) is 8.78 Å². The van der Waals surface area contributed by atoms with Crippen LogP contribution >= 0.6 is 0 Å². The Hall–Kier alpha value is -3.48. The summed E-state index contributed by atoms with van der Waals surface area (Å²) in [6.07, 6.45) is 1.68. The molecular weight excluding hydrogens is 364 g/mol. The van der Waals surface area contributed by atoms with Gasteiger partial charge in [-0.1, -0.05) is 18.2 Å². The van der Waals surface area contributed by atoms with Crippen LogP contribution < -0.4 is 15.4 Å². The lowest BCUT2D eigenvalue weighted by Gasteiger charge is -2.16. The predicted octanol–water partition coefficient (Wildman–Crippen LogP) is 4.92. The summed E-state index contributed by atoms with van der Waals surface area (Å²) in [6.45, 7) is -1.01. The van der Waals surface area contributed by atoms with E-state index in [0.29, 0.717) is 16.9 Å². The van der Waals surface area contributed by atoms with Gasteiger partial charge in [0.2, 0.25) is 0 Å². The highest BCUT2D eigenvalue weighted by molar-refractivity contribution is 6.00. The smallest absolute Gasteiger partial charge is 0.387 e. The molecule has 1 atom stereocenters. The lowest BCUT2D eigenvalue weighted by molar-refractivity contribution is -0.0498. The van der Waals surface area contributed by atoms with Gasteiger partial charge in [0.1, 0.15) is 5.75 Å². The van der Waals surface area contributed by atoms with Crippen molar-refractivity contribution < 1.29 is 18.3 Å². The zero-order chi connectivity index (χ0) is 19.9. The maximum absolute atomic E-state index is 12.7. The minimum atomic E-state index is -2.87. The number of hydrogen-bond acceptors (Lipinski definition) is 4. The first-order valence-corrected chi connectivity index (χ1v) is 8.65. The number of carbonyl (C=O) groups is 1. The molecule has 1 heterocycles. The van der Waals surface area contributed by atoms with E-state index in [9.17, 15) is 13.6 Å². The molecule has 0 fully saturated rings. The van der Waals surface area contributed by atoms with Crippen LogP contribution in [-0.2, 0) is 0 Å². The Morgan fingerprint density at radius 3 is 2.39 bits per heavy atom. The Kier molecular flexibility index (Phi) is 6.16. The highest BCUT2D eigenvalue weighted by atomic mass is 19.3. The van der Waals surface area contributed by atoms with Crippen LogP contribution in [0.5, 0.6) is 5.75 Å². The van der Waals surface area contributed by atoms with E-state index in [4.69, 9.17) is 0 Å². The number of alkyl halides is 2. The summed E-state index contributed by atoms with van der Waals surface area (Å²) in [6, 6.07) is 18.4. The Labute approximate surface area is 161 Å². The number of pyridine rings is 1. The normalized spacial score (nSPS) is 11.7. The van der Waals surface area contributed by atoms with Gasteiger partial charge < -0.3 is 15.4 Å². The van der Waals surface area contributed by atoms with Gasteiger partial charge in [-0.25, -0.2) is 0 Å². The molecule has 0 aliphatic rings. The lowest BCUT2D eigenvalue weighted by Crippen LogP contribution is -2.27. The number of aromatic nitrogens is 1. The summed E-state index contributed by atoms with van der Waals surface area (Å²) in [5.41, 5.74) is 2.45. The number of ether oxygens (including phenoxy) is 1. The molecule has 5 nitrogen and oxygen atoms in total. The average Bonchev–Trinajstić information content (AvgIpc) is 2.70. The number of para-hydroxylation sites is 1. The molecule has 3 aromatic rings. The van der Waals surface area contributed by atoms with Crippen LogP contribution in [0, 0.1) is 0 Å². The van der Waals surface area contributed by atoms with Gasteiger partial charge in [0, 0.05) is 11.9 Å². The van der Waals surface area contributed by atoms with Gasteiger partial charge >= 0.3 is 6.61 Å². The van der Waals surface area contributed by atoms with Crippen LogP contribution in [-0.4, -0.2) is 17.5 Å². The van der Waals surface area contributed by atoms with Crippen molar-refractivity contribution in [2.24, 2.45) is 0 Å². The Bertz CT molecular complexity index is 918. The molecule has 1 unspecified atom stereocenters. The van der Waals surface area contributed by atoms with Gasteiger partial charge in [-0.3, -0.25) is 9.78 Å². The van der Waals surface area contributed by atoms with E-state index in [1.807, 2.05) is 25.1 Å². The average molecular weight is 383 g/mol. The number of nitrogens with zero attached hydrogens (tertiary/aromatic N) is 1. The largest absolute Gasteiger partial charge is 0.435 e. The first-order valence-electron chi connectivity index (χ1n) is 8.65. The van der Waals surface area contributed by atoms with E-state index in [-0.39, 0.29) is 17.7 Å². The molecule has 3 rings (SSSR count). The summed E-state index contributed by atoms with van der Waals surface area (Å²) in [5.74, 6) is -0.185. The molecule has 0 spiro atoms. The second-order valence-corrected chi connectivity index (χ2v) is 6.02. The fourth-order valence-corrected chi connectivity index (χ4v) is 2.65. The van der Waals surface area contributed by atoms with Gasteiger partial charge in [0.25, 0.3) is 5.91 Å². The van der Waals surface area contributed by atoms with Crippen molar-refractivity contribution in [1.29, 1.82) is 0 Å². The van der Waals surface area contributed by atoms with E-state index in [1.54, 1.807) is 42.6 Å². The number of hydrogen-bond donors (Lipinski definition) is 2. The third-order valence-electron chi connectivity index (χ3n) is 4.01. The molecule has 1 aromatic heterocycles. The lowest BCUT2D eigenvalue weighted by atomic mass is 10.1. The Balaban J connectivity index is 1.73. The number of rotatable bonds is 7. The maximum Gasteiger partial charge on any atom is 0.387 e. The number of anilines is 2. The SMILES string of the molecule is CC(NC(=O)c1ccccc1Nc1ccc(OC(F)F)cc1)c1ccccn1. The number of halogens is 2. The third-order valence-corrected chi connectivity index (χ3v) is 4.01. The topological polar surface area (TPSA) is 63.2 Å². The highest BCUT2D eigenvalue weighted by Crippen LogP contribution is 2.24. The van der Waals surface area contributed by atoms with Gasteiger partial charge in [-0.05, 0) is 55.5 Å². The predicted molar refractivity (Wildman–Crippen MR) is 103 cm³/mol. The standard InChI is InChI=1S/C21H19F2N3O2/c1-14(18-7-4-5-13-24-18)25-20(27)17-6-2-3-8-19(17)26-15-9-11-16(12-10-15)28-21(22)23/h2-14,21,26H,1H3,(H,25,27). The zero-order valence-corrected chi connectivity index (χ0v) is 15.1. The van der Waals surface area contributed by atoms with E-state index in [2.05, 4.69) is 20.4 Å². The quantitative estimate of drug-likeness (QED) is 0.608. The van der Waals surface area contributed by atoms with Crippen molar-refractivity contribution in [3.05, 3.63) is 84.2 Å². The minimum absolute atomic E-state index is 0.0655. The van der Waals surface area contributed by atoms with Crippen LogP contribution in [0.3, 0.4) is 0 Å². The molecule has 144 valence electrons. The van der Waals surface area contributed by atoms with E-state index < -0.39 is 6.61 Å². The van der Waals surface area contributed by atoms with E-state index >= 15 is 0 Å². The fraction of sp³-hybridized carbons (Fsp3) is 0.143.